The highest BCUT2D eigenvalue weighted by Gasteiger charge is 2.18. The summed E-state index contributed by atoms with van der Waals surface area (Å²) in [6, 6.07) is 1.44. The van der Waals surface area contributed by atoms with E-state index in [-0.39, 0.29) is 17.8 Å². The first-order chi connectivity index (χ1) is 8.99. The molecule has 0 bridgehead atoms. The van der Waals surface area contributed by atoms with Crippen LogP contribution in [0, 0.1) is 12.8 Å². The van der Waals surface area contributed by atoms with Gasteiger partial charge in [-0.1, -0.05) is 6.92 Å². The van der Waals surface area contributed by atoms with Crippen molar-refractivity contribution in [3.05, 3.63) is 28.2 Å². The number of H-pyrrole nitrogens is 1. The lowest BCUT2D eigenvalue weighted by Crippen LogP contribution is -2.19. The Bertz CT molecular complexity index is 660. The predicted molar refractivity (Wildman–Crippen MR) is 65.4 cm³/mol. The maximum absolute atomic E-state index is 11.9. The number of tetrazole rings is 1. The van der Waals surface area contributed by atoms with Gasteiger partial charge < -0.3 is 10.1 Å². The number of hydrogen-bond donors (Lipinski definition) is 2. The van der Waals surface area contributed by atoms with E-state index >= 15 is 0 Å². The normalized spacial score (nSPS) is 12.3. The molecule has 8 heteroatoms. The molecule has 0 amide bonds. The summed E-state index contributed by atoms with van der Waals surface area (Å²) < 4.78 is 1.32. The second-order valence-corrected chi connectivity index (χ2v) is 4.32. The molecule has 0 saturated carbocycles. The average Bonchev–Trinajstić information content (AvgIpc) is 2.77. The molecule has 100 valence electrons. The lowest BCUT2D eigenvalue weighted by molar-refractivity contribution is -0.141. The molecule has 2 aromatic rings. The van der Waals surface area contributed by atoms with E-state index in [2.05, 4.69) is 20.5 Å². The number of carboxylic acids is 1. The minimum Gasteiger partial charge on any atom is -0.481 e. The Morgan fingerprint density at radius 1 is 1.58 bits per heavy atom. The van der Waals surface area contributed by atoms with E-state index in [0.29, 0.717) is 5.56 Å². The summed E-state index contributed by atoms with van der Waals surface area (Å²) in [6.45, 7) is 3.42. The van der Waals surface area contributed by atoms with E-state index in [0.717, 1.165) is 5.69 Å². The SMILES string of the molecule is Cc1cc(=O)c(-c2nnnn2CC(C)C(=O)O)c[nH]1. The summed E-state index contributed by atoms with van der Waals surface area (Å²) in [4.78, 5) is 25.6. The summed E-state index contributed by atoms with van der Waals surface area (Å²) in [5, 5.41) is 19.9. The second-order valence-electron chi connectivity index (χ2n) is 4.32. The van der Waals surface area contributed by atoms with Crippen LogP contribution < -0.4 is 5.43 Å². The van der Waals surface area contributed by atoms with Gasteiger partial charge in [0.1, 0.15) is 0 Å². The van der Waals surface area contributed by atoms with Gasteiger partial charge in [0.05, 0.1) is 18.0 Å². The van der Waals surface area contributed by atoms with Crippen LogP contribution in [-0.4, -0.2) is 36.3 Å². The van der Waals surface area contributed by atoms with Gasteiger partial charge in [-0.15, -0.1) is 5.10 Å². The van der Waals surface area contributed by atoms with Crippen LogP contribution in [-0.2, 0) is 11.3 Å². The molecule has 0 aliphatic rings. The van der Waals surface area contributed by atoms with Crippen LogP contribution in [0.1, 0.15) is 12.6 Å². The van der Waals surface area contributed by atoms with Gasteiger partial charge >= 0.3 is 5.97 Å². The van der Waals surface area contributed by atoms with E-state index in [1.165, 1.54) is 16.9 Å². The number of aliphatic carboxylic acids is 1. The number of carboxylic acid groups (broad SMARTS) is 1. The zero-order chi connectivity index (χ0) is 14.0. The molecule has 8 nitrogen and oxygen atoms in total. The topological polar surface area (TPSA) is 114 Å². The van der Waals surface area contributed by atoms with Crippen LogP contribution in [0.25, 0.3) is 11.4 Å². The number of aromatic amines is 1. The molecule has 0 radical (unpaired) electrons. The first-order valence-electron chi connectivity index (χ1n) is 5.67. The van der Waals surface area contributed by atoms with Crippen molar-refractivity contribution in [3.63, 3.8) is 0 Å². The molecule has 0 fully saturated rings. The monoisotopic (exact) mass is 263 g/mol. The van der Waals surface area contributed by atoms with Crippen molar-refractivity contribution < 1.29 is 9.90 Å². The van der Waals surface area contributed by atoms with E-state index < -0.39 is 11.9 Å². The minimum atomic E-state index is -0.945. The van der Waals surface area contributed by atoms with Crippen LogP contribution >= 0.6 is 0 Å². The number of nitrogens with zero attached hydrogens (tertiary/aromatic N) is 4. The number of rotatable bonds is 4. The second kappa shape index (κ2) is 5.01. The van der Waals surface area contributed by atoms with Crippen molar-refractivity contribution in [1.82, 2.24) is 25.2 Å². The molecule has 19 heavy (non-hydrogen) atoms. The number of aryl methyl sites for hydroxylation is 1. The smallest absolute Gasteiger partial charge is 0.308 e. The van der Waals surface area contributed by atoms with E-state index in [1.54, 1.807) is 13.8 Å². The lowest BCUT2D eigenvalue weighted by Gasteiger charge is -2.07. The standard InChI is InChI=1S/C11H13N5O3/c1-6(11(18)19)5-16-10(13-14-15-16)8-4-12-7(2)3-9(8)17/h3-4,6H,5H2,1-2H3,(H,12,17)(H,18,19). The molecule has 0 saturated heterocycles. The summed E-state index contributed by atoms with van der Waals surface area (Å²) in [5.74, 6) is -1.33. The first-order valence-corrected chi connectivity index (χ1v) is 5.67. The maximum Gasteiger partial charge on any atom is 0.308 e. The zero-order valence-corrected chi connectivity index (χ0v) is 10.5. The number of aromatic nitrogens is 5. The molecule has 2 rings (SSSR count). The first kappa shape index (κ1) is 12.9. The fraction of sp³-hybridized carbons (Fsp3) is 0.364. The van der Waals surface area contributed by atoms with Crippen LogP contribution in [0.2, 0.25) is 0 Å². The minimum absolute atomic E-state index is 0.102. The van der Waals surface area contributed by atoms with Gasteiger partial charge in [0.25, 0.3) is 0 Å². The third-order valence-electron chi connectivity index (χ3n) is 2.70. The number of pyridine rings is 1. The summed E-state index contributed by atoms with van der Waals surface area (Å²) in [7, 11) is 0. The Labute approximate surface area is 108 Å². The van der Waals surface area contributed by atoms with Gasteiger partial charge in [0, 0.05) is 18.0 Å². The highest BCUT2D eigenvalue weighted by atomic mass is 16.4. The van der Waals surface area contributed by atoms with E-state index in [4.69, 9.17) is 5.11 Å². The summed E-state index contributed by atoms with van der Waals surface area (Å²) in [5.41, 5.74) is 0.829. The molecule has 2 heterocycles. The van der Waals surface area contributed by atoms with Crippen molar-refractivity contribution in [2.45, 2.75) is 20.4 Å². The molecular weight excluding hydrogens is 250 g/mol. The highest BCUT2D eigenvalue weighted by Crippen LogP contribution is 2.12. The molecule has 1 unspecified atom stereocenters. The third-order valence-corrected chi connectivity index (χ3v) is 2.70. The quantitative estimate of drug-likeness (QED) is 0.806. The Morgan fingerprint density at radius 3 is 2.95 bits per heavy atom. The summed E-state index contributed by atoms with van der Waals surface area (Å²) in [6.07, 6.45) is 1.52. The summed E-state index contributed by atoms with van der Waals surface area (Å²) >= 11 is 0. The Kier molecular flexibility index (Phi) is 3.41. The fourth-order valence-corrected chi connectivity index (χ4v) is 1.61. The zero-order valence-electron chi connectivity index (χ0n) is 10.5. The van der Waals surface area contributed by atoms with Crippen molar-refractivity contribution in [2.24, 2.45) is 5.92 Å². The molecule has 1 atom stereocenters. The maximum atomic E-state index is 11.9. The average molecular weight is 263 g/mol. The number of carbonyl (C=O) groups is 1. The predicted octanol–water partition coefficient (Wildman–Crippen LogP) is 0.0575. The van der Waals surface area contributed by atoms with Gasteiger partial charge in [-0.25, -0.2) is 4.68 Å². The third kappa shape index (κ3) is 2.67. The van der Waals surface area contributed by atoms with Gasteiger partial charge in [-0.3, -0.25) is 9.59 Å². The van der Waals surface area contributed by atoms with E-state index in [9.17, 15) is 9.59 Å². The van der Waals surface area contributed by atoms with Gasteiger partial charge in [-0.05, 0) is 17.4 Å². The van der Waals surface area contributed by atoms with Crippen molar-refractivity contribution in [3.8, 4) is 11.4 Å². The van der Waals surface area contributed by atoms with Gasteiger partial charge in [-0.2, -0.15) is 0 Å². The van der Waals surface area contributed by atoms with Crippen molar-refractivity contribution in [2.75, 3.05) is 0 Å². The van der Waals surface area contributed by atoms with Gasteiger partial charge in [0.2, 0.25) is 0 Å². The molecule has 0 aromatic carbocycles. The Hall–Kier alpha value is -2.51. The van der Waals surface area contributed by atoms with Gasteiger partial charge in [0.15, 0.2) is 11.3 Å². The van der Waals surface area contributed by atoms with Crippen molar-refractivity contribution >= 4 is 5.97 Å². The van der Waals surface area contributed by atoms with Crippen LogP contribution in [0.3, 0.4) is 0 Å². The van der Waals surface area contributed by atoms with Crippen LogP contribution in [0.15, 0.2) is 17.1 Å². The largest absolute Gasteiger partial charge is 0.481 e. The Balaban J connectivity index is 2.39. The molecule has 0 spiro atoms. The lowest BCUT2D eigenvalue weighted by atomic mass is 10.2. The van der Waals surface area contributed by atoms with Crippen molar-refractivity contribution in [1.29, 1.82) is 0 Å². The molecule has 0 aliphatic heterocycles. The fourth-order valence-electron chi connectivity index (χ4n) is 1.61. The number of hydrogen-bond acceptors (Lipinski definition) is 5. The molecule has 2 N–H and O–H groups in total. The molecule has 0 aliphatic carbocycles. The number of nitrogens with one attached hydrogen (secondary N) is 1. The van der Waals surface area contributed by atoms with E-state index in [1.807, 2.05) is 0 Å². The molecular formula is C11H13N5O3. The molecule has 2 aromatic heterocycles. The Morgan fingerprint density at radius 2 is 2.32 bits per heavy atom. The van der Waals surface area contributed by atoms with Crippen LogP contribution in [0.5, 0.6) is 0 Å². The highest BCUT2D eigenvalue weighted by molar-refractivity contribution is 5.69. The van der Waals surface area contributed by atoms with Crippen LogP contribution in [0.4, 0.5) is 0 Å².